The van der Waals surface area contributed by atoms with E-state index in [1.54, 1.807) is 48.5 Å². The van der Waals surface area contributed by atoms with E-state index in [1.165, 1.54) is 18.2 Å². The number of anilines is 2. The third kappa shape index (κ3) is 3.62. The Balaban J connectivity index is 1.56. The number of carbonyl (C=O) groups is 2. The Labute approximate surface area is 172 Å². The average Bonchev–Trinajstić information content (AvgIpc) is 3.16. The summed E-state index contributed by atoms with van der Waals surface area (Å²) in [6.07, 6.45) is 3.89. The fourth-order valence-electron chi connectivity index (χ4n) is 3.52. The molecule has 2 amide bonds. The molecule has 8 heteroatoms. The number of nitrogens with one attached hydrogen (secondary N) is 1. The molecule has 1 N–H and O–H groups in total. The molecule has 0 spiro atoms. The Bertz CT molecular complexity index is 1160. The molecule has 8 nitrogen and oxygen atoms in total. The maximum atomic E-state index is 12.8. The second-order valence-electron chi connectivity index (χ2n) is 7.00. The normalized spacial score (nSPS) is 12.4. The molecule has 0 unspecified atom stereocenters. The van der Waals surface area contributed by atoms with Gasteiger partial charge in [-0.15, -0.1) is 0 Å². The van der Waals surface area contributed by atoms with Crippen LogP contribution in [0.2, 0.25) is 0 Å². The number of carbonyl (C=O) groups excluding carboxylic acids is 2. The maximum absolute atomic E-state index is 12.8. The maximum Gasteiger partial charge on any atom is 0.272 e. The van der Waals surface area contributed by atoms with E-state index in [1.807, 2.05) is 6.07 Å². The van der Waals surface area contributed by atoms with Crippen molar-refractivity contribution in [2.45, 2.75) is 13.3 Å². The largest absolute Gasteiger partial charge is 0.322 e. The second-order valence-corrected chi connectivity index (χ2v) is 7.00. The molecule has 0 bridgehead atoms. The van der Waals surface area contributed by atoms with Gasteiger partial charge in [-0.2, -0.15) is 0 Å². The van der Waals surface area contributed by atoms with E-state index in [9.17, 15) is 19.7 Å². The zero-order valence-electron chi connectivity index (χ0n) is 16.2. The van der Waals surface area contributed by atoms with E-state index in [4.69, 9.17) is 0 Å². The van der Waals surface area contributed by atoms with Crippen molar-refractivity contribution in [1.29, 1.82) is 0 Å². The molecule has 150 valence electrons. The van der Waals surface area contributed by atoms with Gasteiger partial charge < -0.3 is 10.2 Å². The summed E-state index contributed by atoms with van der Waals surface area (Å²) in [5, 5.41) is 13.8. The number of aromatic nitrogens is 1. The van der Waals surface area contributed by atoms with Gasteiger partial charge in [-0.1, -0.05) is 6.07 Å². The van der Waals surface area contributed by atoms with Crippen molar-refractivity contribution in [3.8, 4) is 0 Å². The number of hydrogen-bond acceptors (Lipinski definition) is 5. The summed E-state index contributed by atoms with van der Waals surface area (Å²) in [5.41, 5.74) is 3.59. The van der Waals surface area contributed by atoms with Crippen molar-refractivity contribution in [3.05, 3.63) is 93.3 Å². The van der Waals surface area contributed by atoms with Crippen molar-refractivity contribution in [2.24, 2.45) is 0 Å². The van der Waals surface area contributed by atoms with Crippen LogP contribution in [-0.4, -0.2) is 28.3 Å². The molecule has 0 fully saturated rings. The molecule has 0 radical (unpaired) electrons. The SMILES string of the molecule is Cc1cc(C(=O)Nc2ccc3c(c2)N(C(=O)c2ccncc2)CC3)ccc1[N+](=O)[O-]. The van der Waals surface area contributed by atoms with Gasteiger partial charge in [0.2, 0.25) is 0 Å². The van der Waals surface area contributed by atoms with Crippen LogP contribution in [0.25, 0.3) is 0 Å². The third-order valence-electron chi connectivity index (χ3n) is 5.07. The second kappa shape index (κ2) is 7.75. The predicted molar refractivity (Wildman–Crippen MR) is 112 cm³/mol. The molecule has 0 saturated heterocycles. The topological polar surface area (TPSA) is 105 Å². The monoisotopic (exact) mass is 402 g/mol. The molecule has 0 saturated carbocycles. The minimum Gasteiger partial charge on any atom is -0.322 e. The van der Waals surface area contributed by atoms with Crippen molar-refractivity contribution in [1.82, 2.24) is 4.98 Å². The van der Waals surface area contributed by atoms with Gasteiger partial charge in [-0.3, -0.25) is 24.7 Å². The fourth-order valence-corrected chi connectivity index (χ4v) is 3.52. The Hall–Kier alpha value is -4.07. The molecular weight excluding hydrogens is 384 g/mol. The van der Waals surface area contributed by atoms with Crippen LogP contribution in [0.3, 0.4) is 0 Å². The minimum atomic E-state index is -0.480. The van der Waals surface area contributed by atoms with E-state index in [0.29, 0.717) is 28.9 Å². The highest BCUT2D eigenvalue weighted by atomic mass is 16.6. The van der Waals surface area contributed by atoms with Crippen LogP contribution >= 0.6 is 0 Å². The number of nitro groups is 1. The van der Waals surface area contributed by atoms with Gasteiger partial charge in [0.25, 0.3) is 17.5 Å². The lowest BCUT2D eigenvalue weighted by molar-refractivity contribution is -0.385. The van der Waals surface area contributed by atoms with Gasteiger partial charge in [-0.25, -0.2) is 0 Å². The Morgan fingerprint density at radius 3 is 2.53 bits per heavy atom. The molecule has 0 aliphatic carbocycles. The highest BCUT2D eigenvalue weighted by Crippen LogP contribution is 2.32. The molecule has 1 aliphatic rings. The summed E-state index contributed by atoms with van der Waals surface area (Å²) in [6.45, 7) is 2.16. The summed E-state index contributed by atoms with van der Waals surface area (Å²) >= 11 is 0. The lowest BCUT2D eigenvalue weighted by Gasteiger charge is -2.18. The summed E-state index contributed by atoms with van der Waals surface area (Å²) in [7, 11) is 0. The number of rotatable bonds is 4. The molecule has 2 heterocycles. The van der Waals surface area contributed by atoms with E-state index >= 15 is 0 Å². The number of fused-ring (bicyclic) bond motifs is 1. The summed E-state index contributed by atoms with van der Waals surface area (Å²) < 4.78 is 0. The number of hydrogen-bond donors (Lipinski definition) is 1. The molecular formula is C22H18N4O4. The van der Waals surface area contributed by atoms with Crippen LogP contribution < -0.4 is 10.2 Å². The van der Waals surface area contributed by atoms with Crippen LogP contribution in [-0.2, 0) is 6.42 Å². The van der Waals surface area contributed by atoms with Gasteiger partial charge in [0.1, 0.15) is 0 Å². The molecule has 1 aromatic heterocycles. The minimum absolute atomic E-state index is 0.0330. The van der Waals surface area contributed by atoms with Crippen LogP contribution in [0, 0.1) is 17.0 Å². The van der Waals surface area contributed by atoms with Crippen molar-refractivity contribution >= 4 is 28.9 Å². The first-order valence-electron chi connectivity index (χ1n) is 9.35. The smallest absolute Gasteiger partial charge is 0.272 e. The van der Waals surface area contributed by atoms with E-state index in [0.717, 1.165) is 17.7 Å². The molecule has 3 aromatic rings. The summed E-state index contributed by atoms with van der Waals surface area (Å²) in [6, 6.07) is 13.0. The van der Waals surface area contributed by atoms with E-state index < -0.39 is 4.92 Å². The zero-order chi connectivity index (χ0) is 21.3. The van der Waals surface area contributed by atoms with Gasteiger partial charge >= 0.3 is 0 Å². The number of amides is 2. The van der Waals surface area contributed by atoms with Gasteiger partial charge in [0.05, 0.1) is 4.92 Å². The lowest BCUT2D eigenvalue weighted by atomic mass is 10.1. The number of pyridine rings is 1. The number of aryl methyl sites for hydroxylation is 1. The molecule has 1 aliphatic heterocycles. The van der Waals surface area contributed by atoms with E-state index in [2.05, 4.69) is 10.3 Å². The highest BCUT2D eigenvalue weighted by Gasteiger charge is 2.26. The Kier molecular flexibility index (Phi) is 4.97. The summed E-state index contributed by atoms with van der Waals surface area (Å²) in [4.78, 5) is 41.6. The average molecular weight is 402 g/mol. The number of benzene rings is 2. The molecule has 0 atom stereocenters. The van der Waals surface area contributed by atoms with Crippen LogP contribution in [0.5, 0.6) is 0 Å². The van der Waals surface area contributed by atoms with Gasteiger partial charge in [-0.05, 0) is 55.3 Å². The van der Waals surface area contributed by atoms with E-state index in [-0.39, 0.29) is 17.5 Å². The van der Waals surface area contributed by atoms with Crippen molar-refractivity contribution in [3.63, 3.8) is 0 Å². The molecule has 30 heavy (non-hydrogen) atoms. The first kappa shape index (κ1) is 19.3. The van der Waals surface area contributed by atoms with Crippen LogP contribution in [0.4, 0.5) is 17.1 Å². The first-order chi connectivity index (χ1) is 14.4. The Morgan fingerprint density at radius 2 is 1.83 bits per heavy atom. The molecule has 4 rings (SSSR count). The number of nitro benzene ring substituents is 1. The summed E-state index contributed by atoms with van der Waals surface area (Å²) in [5.74, 6) is -0.497. The Morgan fingerprint density at radius 1 is 1.07 bits per heavy atom. The van der Waals surface area contributed by atoms with Crippen molar-refractivity contribution in [2.75, 3.05) is 16.8 Å². The highest BCUT2D eigenvalue weighted by molar-refractivity contribution is 6.08. The van der Waals surface area contributed by atoms with Crippen molar-refractivity contribution < 1.29 is 14.5 Å². The lowest BCUT2D eigenvalue weighted by Crippen LogP contribution is -2.28. The van der Waals surface area contributed by atoms with Gasteiger partial charge in [0.15, 0.2) is 0 Å². The quantitative estimate of drug-likeness (QED) is 0.528. The first-order valence-corrected chi connectivity index (χ1v) is 9.35. The third-order valence-corrected chi connectivity index (χ3v) is 5.07. The van der Waals surface area contributed by atoms with Gasteiger partial charge in [0, 0.05) is 53.1 Å². The van der Waals surface area contributed by atoms with Crippen LogP contribution in [0.15, 0.2) is 60.9 Å². The zero-order valence-corrected chi connectivity index (χ0v) is 16.2. The molecule has 2 aromatic carbocycles. The number of nitrogens with zero attached hydrogens (tertiary/aromatic N) is 3. The van der Waals surface area contributed by atoms with Crippen LogP contribution in [0.1, 0.15) is 31.8 Å². The standard InChI is InChI=1S/C22H18N4O4/c1-14-12-17(3-5-19(14)26(29)30)21(27)24-18-4-2-15-8-11-25(20(15)13-18)22(28)16-6-9-23-10-7-16/h2-7,9-10,12-13H,8,11H2,1H3,(H,24,27). The fraction of sp³-hybridized carbons (Fsp3) is 0.136. The predicted octanol–water partition coefficient (Wildman–Crippen LogP) is 3.75.